The van der Waals surface area contributed by atoms with Crippen LogP contribution >= 0.6 is 0 Å². The molecule has 3 N–H and O–H groups in total. The van der Waals surface area contributed by atoms with Crippen molar-refractivity contribution in [3.8, 4) is 28.7 Å². The molecule has 7 nitrogen and oxygen atoms in total. The van der Waals surface area contributed by atoms with Crippen LogP contribution in [0.1, 0.15) is 187 Å². The maximum Gasteiger partial charge on any atom is 0.133 e. The summed E-state index contributed by atoms with van der Waals surface area (Å²) in [5.41, 5.74) is 13.0. The number of nitrogens with zero attached hydrogens (tertiary/aromatic N) is 2. The zero-order chi connectivity index (χ0) is 49.0. The highest BCUT2D eigenvalue weighted by atomic mass is 16.5. The minimum atomic E-state index is -0.215. The van der Waals surface area contributed by atoms with Gasteiger partial charge in [0.15, 0.2) is 0 Å². The third kappa shape index (κ3) is 11.1. The van der Waals surface area contributed by atoms with Gasteiger partial charge in [-0.1, -0.05) is 152 Å². The van der Waals surface area contributed by atoms with E-state index in [1.54, 1.807) is 12.4 Å². The van der Waals surface area contributed by atoms with Crippen LogP contribution < -0.4 is 9.47 Å². The van der Waals surface area contributed by atoms with Crippen LogP contribution in [0, 0.1) is 0 Å². The molecule has 5 aromatic carbocycles. The molecular weight excluding hydrogens is 829 g/mol. The summed E-state index contributed by atoms with van der Waals surface area (Å²) in [5, 5.41) is 36.8. The maximum atomic E-state index is 12.6. The lowest BCUT2D eigenvalue weighted by molar-refractivity contribution is 0.322. The van der Waals surface area contributed by atoms with Gasteiger partial charge in [0.05, 0.1) is 13.1 Å². The van der Waals surface area contributed by atoms with E-state index in [1.165, 1.54) is 0 Å². The Morgan fingerprint density at radius 2 is 0.582 bits per heavy atom. The molecule has 0 radical (unpaired) electrons. The molecule has 3 aliphatic rings. The maximum absolute atomic E-state index is 12.6. The summed E-state index contributed by atoms with van der Waals surface area (Å²) in [6.07, 6.45) is 5.14. The second-order valence-corrected chi connectivity index (χ2v) is 24.3. The highest BCUT2D eigenvalue weighted by molar-refractivity contribution is 5.92. The van der Waals surface area contributed by atoms with Gasteiger partial charge in [0, 0.05) is 49.2 Å². The lowest BCUT2D eigenvalue weighted by Gasteiger charge is -2.28. The van der Waals surface area contributed by atoms with Crippen molar-refractivity contribution in [3.63, 3.8) is 0 Å². The van der Waals surface area contributed by atoms with E-state index in [9.17, 15) is 15.3 Å². The number of fused-ring (bicyclic) bond motifs is 6. The lowest BCUT2D eigenvalue weighted by atomic mass is 9.79. The van der Waals surface area contributed by atoms with Crippen LogP contribution in [0.15, 0.2) is 70.6 Å². The summed E-state index contributed by atoms with van der Waals surface area (Å²) in [6, 6.07) is 21.7. The molecule has 0 saturated heterocycles. The predicted octanol–water partition coefficient (Wildman–Crippen LogP) is 13.3. The van der Waals surface area contributed by atoms with E-state index in [-0.39, 0.29) is 57.5 Å². The number of aromatic hydroxyl groups is 3. The molecule has 8 rings (SSSR count). The predicted molar refractivity (Wildman–Crippen MR) is 278 cm³/mol. The first-order valence-electron chi connectivity index (χ1n) is 24.2. The molecule has 0 amide bonds. The van der Waals surface area contributed by atoms with Crippen molar-refractivity contribution in [1.29, 1.82) is 0 Å². The van der Waals surface area contributed by atoms with Gasteiger partial charge < -0.3 is 24.8 Å². The van der Waals surface area contributed by atoms with Crippen LogP contribution in [0.5, 0.6) is 28.7 Å². The monoisotopic (exact) mass is 905 g/mol. The topological polar surface area (TPSA) is 104 Å². The molecule has 0 atom stereocenters. The van der Waals surface area contributed by atoms with Crippen LogP contribution in [0.2, 0.25) is 0 Å². The summed E-state index contributed by atoms with van der Waals surface area (Å²) in [4.78, 5) is 9.63. The van der Waals surface area contributed by atoms with Gasteiger partial charge in [-0.15, -0.1) is 0 Å². The molecule has 0 spiro atoms. The third-order valence-electron chi connectivity index (χ3n) is 13.4. The Bertz CT molecular complexity index is 2460. The summed E-state index contributed by atoms with van der Waals surface area (Å²) >= 11 is 0. The van der Waals surface area contributed by atoms with Gasteiger partial charge in [-0.05, 0) is 112 Å². The summed E-state index contributed by atoms with van der Waals surface area (Å²) < 4.78 is 13.9. The molecule has 2 aliphatic heterocycles. The highest BCUT2D eigenvalue weighted by Crippen LogP contribution is 2.44. The zero-order valence-corrected chi connectivity index (χ0v) is 43.1. The Morgan fingerprint density at radius 1 is 0.343 bits per heavy atom. The Labute approximate surface area is 401 Å². The van der Waals surface area contributed by atoms with E-state index in [0.717, 1.165) is 83.8 Å². The largest absolute Gasteiger partial charge is 0.507 e. The number of benzene rings is 5. The minimum absolute atomic E-state index is 0.127. The first kappa shape index (κ1) is 49.3. The van der Waals surface area contributed by atoms with Crippen LogP contribution in [0.4, 0.5) is 0 Å². The fourth-order valence-corrected chi connectivity index (χ4v) is 9.05. The van der Waals surface area contributed by atoms with Gasteiger partial charge in [0.1, 0.15) is 42.0 Å². The first-order chi connectivity index (χ1) is 31.1. The third-order valence-corrected chi connectivity index (χ3v) is 13.4. The number of phenols is 3. The van der Waals surface area contributed by atoms with Crippen molar-refractivity contribution in [3.05, 3.63) is 144 Å². The molecule has 0 aromatic heterocycles. The number of rotatable bonds is 0. The number of ether oxygens (including phenoxy) is 2. The number of hydrogen-bond acceptors (Lipinski definition) is 7. The molecule has 67 heavy (non-hydrogen) atoms. The first-order valence-corrected chi connectivity index (χ1v) is 24.2. The van der Waals surface area contributed by atoms with E-state index < -0.39 is 0 Å². The fraction of sp³-hybridized carbons (Fsp3) is 0.467. The average Bonchev–Trinajstić information content (AvgIpc) is 3.20. The van der Waals surface area contributed by atoms with Crippen molar-refractivity contribution in [2.75, 3.05) is 26.3 Å². The Hall–Kier alpha value is -5.56. The Morgan fingerprint density at radius 3 is 0.836 bits per heavy atom. The number of aliphatic imine (C=N–C) groups is 2. The second kappa shape index (κ2) is 18.2. The van der Waals surface area contributed by atoms with Crippen molar-refractivity contribution in [1.82, 2.24) is 0 Å². The number of phenolic OH excluding ortho intramolecular Hbond substituents is 3. The normalized spacial score (nSPS) is 15.2. The molecule has 0 fully saturated rings. The molecular formula is C60H76N2O5. The lowest BCUT2D eigenvalue weighted by Crippen LogP contribution is -2.17. The van der Waals surface area contributed by atoms with Gasteiger partial charge in [0.25, 0.3) is 0 Å². The molecule has 1 aliphatic carbocycles. The smallest absolute Gasteiger partial charge is 0.133 e. The van der Waals surface area contributed by atoms with Crippen LogP contribution in [0.3, 0.4) is 0 Å². The van der Waals surface area contributed by atoms with E-state index >= 15 is 0 Å². The SMILES string of the molecule is CC(C)(C)c1cc2c(O)c(c1)C=NCCOc1c3cc(C(C)(C)C)cc1Cc1cc(C(C)(C)C)cc(c1O)Cc1cc(C(C)(C)C)cc(c1OCCN=C2)Cc1cc(C(C)(C)C)cc(c1O)C3. The molecule has 356 valence electrons. The van der Waals surface area contributed by atoms with E-state index in [0.29, 0.717) is 49.9 Å². The van der Waals surface area contributed by atoms with E-state index in [4.69, 9.17) is 19.5 Å². The van der Waals surface area contributed by atoms with E-state index in [2.05, 4.69) is 152 Å². The van der Waals surface area contributed by atoms with Crippen molar-refractivity contribution in [2.24, 2.45) is 9.98 Å². The van der Waals surface area contributed by atoms with Crippen molar-refractivity contribution < 1.29 is 24.8 Å². The minimum Gasteiger partial charge on any atom is -0.507 e. The molecule has 2 heterocycles. The molecule has 7 heteroatoms. The van der Waals surface area contributed by atoms with Gasteiger partial charge in [-0.25, -0.2) is 0 Å². The van der Waals surface area contributed by atoms with Crippen molar-refractivity contribution in [2.45, 2.75) is 157 Å². The highest BCUT2D eigenvalue weighted by Gasteiger charge is 2.29. The molecule has 0 saturated carbocycles. The molecule has 0 unspecified atom stereocenters. The van der Waals surface area contributed by atoms with Gasteiger partial charge in [0.2, 0.25) is 0 Å². The van der Waals surface area contributed by atoms with Crippen molar-refractivity contribution >= 4 is 12.4 Å². The summed E-state index contributed by atoms with van der Waals surface area (Å²) in [7, 11) is 0. The zero-order valence-electron chi connectivity index (χ0n) is 43.1. The second-order valence-electron chi connectivity index (χ2n) is 24.3. The fourth-order valence-electron chi connectivity index (χ4n) is 9.05. The summed E-state index contributed by atoms with van der Waals surface area (Å²) in [5.74, 6) is 2.13. The quantitative estimate of drug-likeness (QED) is 0.141. The van der Waals surface area contributed by atoms with Crippen LogP contribution in [0.25, 0.3) is 0 Å². The molecule has 5 aromatic rings. The summed E-state index contributed by atoms with van der Waals surface area (Å²) in [6.45, 7) is 34.4. The van der Waals surface area contributed by atoms with Crippen LogP contribution in [-0.4, -0.2) is 54.1 Å². The van der Waals surface area contributed by atoms with Gasteiger partial charge in [-0.2, -0.15) is 0 Å². The van der Waals surface area contributed by atoms with E-state index in [1.807, 2.05) is 12.1 Å². The van der Waals surface area contributed by atoms with Gasteiger partial charge >= 0.3 is 0 Å². The Balaban J connectivity index is 1.58. The standard InChI is InChI=1S/C60H76N2O5/c1-56(2,3)46-24-36-20-40-28-48(58(7,8)9)30-42-22-38-26-47(57(4,5)6)27-39(52(38)64)23-43-31-49(59(10,11)12)29-41(21-37(25-46)51(36)63)55(43)67-19-17-62-35-45-33-50(60(13,14)15)32-44(53(45)65)34-61-16-18-66-54(40)42/h24-35,63-65H,16-23H2,1-15H3. The molecule has 12 bridgehead atoms. The van der Waals surface area contributed by atoms with Crippen LogP contribution in [-0.2, 0) is 52.8 Å². The number of hydrogen-bond donors (Lipinski definition) is 3. The average molecular weight is 905 g/mol. The Kier molecular flexibility index (Phi) is 13.4. The van der Waals surface area contributed by atoms with Gasteiger partial charge in [-0.3, -0.25) is 9.98 Å².